The zero-order chi connectivity index (χ0) is 36.5. The summed E-state index contributed by atoms with van der Waals surface area (Å²) in [5.74, 6) is 1.19. The number of pyridine rings is 1. The third-order valence-electron chi connectivity index (χ3n) is 7.37. The van der Waals surface area contributed by atoms with Crippen LogP contribution in [0.5, 0.6) is 0 Å². The van der Waals surface area contributed by atoms with E-state index in [1.165, 1.54) is 35.1 Å². The van der Waals surface area contributed by atoms with Crippen LogP contribution in [0.2, 0.25) is 0 Å². The number of aliphatic hydroxyl groups is 1. The van der Waals surface area contributed by atoms with Crippen LogP contribution in [0.3, 0.4) is 0 Å². The Labute approximate surface area is 286 Å². The normalized spacial score (nSPS) is 15.3. The molecule has 3 rings (SSSR count). The molecule has 2 aromatic rings. The van der Waals surface area contributed by atoms with Crippen molar-refractivity contribution in [2.75, 3.05) is 20.1 Å². The minimum absolute atomic E-state index is 0.0753. The van der Waals surface area contributed by atoms with E-state index in [-0.39, 0.29) is 10.8 Å². The third-order valence-corrected chi connectivity index (χ3v) is 7.37. The van der Waals surface area contributed by atoms with Crippen LogP contribution in [0.15, 0.2) is 62.4 Å². The van der Waals surface area contributed by atoms with E-state index in [1.807, 2.05) is 27.7 Å². The summed E-state index contributed by atoms with van der Waals surface area (Å²) in [6, 6.07) is 11.0. The van der Waals surface area contributed by atoms with Crippen molar-refractivity contribution in [3.63, 3.8) is 0 Å². The molecule has 1 aromatic heterocycles. The van der Waals surface area contributed by atoms with Gasteiger partial charge in [-0.15, -0.1) is 13.2 Å². The SMILES string of the molecule is C=C.C=CO.CC.CC.CC1CCC(C=O)C1.CCCN(C)CC(C)(C)/C=C/c1nc(-c2ccc(C)cc2)cc(C(C)(C)C)c1C. The quantitative estimate of drug-likeness (QED) is 0.178. The maximum absolute atomic E-state index is 10.2. The van der Waals surface area contributed by atoms with Crippen molar-refractivity contribution in [3.05, 3.63) is 84.8 Å². The molecule has 262 valence electrons. The number of carbonyl (C=O) groups is 1. The zero-order valence-electron chi connectivity index (χ0n) is 32.5. The maximum atomic E-state index is 10.2. The van der Waals surface area contributed by atoms with E-state index in [1.54, 1.807) is 0 Å². The molecular weight excluding hydrogens is 564 g/mol. The van der Waals surface area contributed by atoms with E-state index >= 15 is 0 Å². The van der Waals surface area contributed by atoms with Gasteiger partial charge in [-0.25, -0.2) is 4.98 Å². The number of hydrogen-bond donors (Lipinski definition) is 1. The Morgan fingerprint density at radius 3 is 1.91 bits per heavy atom. The average Bonchev–Trinajstić information content (AvgIpc) is 3.45. The van der Waals surface area contributed by atoms with Crippen LogP contribution < -0.4 is 0 Å². The van der Waals surface area contributed by atoms with Crippen LogP contribution in [0.4, 0.5) is 0 Å². The first kappa shape index (κ1) is 47.4. The van der Waals surface area contributed by atoms with Gasteiger partial charge in [0.2, 0.25) is 0 Å². The minimum Gasteiger partial charge on any atom is -0.516 e. The fourth-order valence-corrected chi connectivity index (χ4v) is 5.33. The first-order chi connectivity index (χ1) is 21.7. The van der Waals surface area contributed by atoms with Gasteiger partial charge < -0.3 is 14.8 Å². The van der Waals surface area contributed by atoms with Crippen LogP contribution in [-0.4, -0.2) is 41.4 Å². The fourth-order valence-electron chi connectivity index (χ4n) is 5.33. The highest BCUT2D eigenvalue weighted by molar-refractivity contribution is 5.65. The first-order valence-electron chi connectivity index (χ1n) is 17.3. The molecule has 1 fully saturated rings. The maximum Gasteiger partial charge on any atom is 0.123 e. The molecule has 0 spiro atoms. The third kappa shape index (κ3) is 19.5. The molecule has 0 radical (unpaired) electrons. The van der Waals surface area contributed by atoms with Gasteiger partial charge in [0, 0.05) is 18.0 Å². The van der Waals surface area contributed by atoms with Gasteiger partial charge >= 0.3 is 0 Å². The summed E-state index contributed by atoms with van der Waals surface area (Å²) < 4.78 is 0. The lowest BCUT2D eigenvalue weighted by molar-refractivity contribution is -0.110. The molecule has 0 amide bonds. The topological polar surface area (TPSA) is 53.4 Å². The predicted molar refractivity (Wildman–Crippen MR) is 208 cm³/mol. The molecule has 4 nitrogen and oxygen atoms in total. The lowest BCUT2D eigenvalue weighted by Crippen LogP contribution is -2.30. The molecule has 0 aliphatic heterocycles. The molecule has 1 aliphatic carbocycles. The van der Waals surface area contributed by atoms with E-state index < -0.39 is 0 Å². The number of aldehydes is 1. The molecule has 2 unspecified atom stereocenters. The van der Waals surface area contributed by atoms with Crippen molar-refractivity contribution >= 4 is 12.4 Å². The highest BCUT2D eigenvalue weighted by atomic mass is 16.2. The zero-order valence-corrected chi connectivity index (χ0v) is 32.5. The Hall–Kier alpha value is -2.98. The van der Waals surface area contributed by atoms with Gasteiger partial charge in [-0.1, -0.05) is 125 Å². The smallest absolute Gasteiger partial charge is 0.123 e. The largest absolute Gasteiger partial charge is 0.516 e. The van der Waals surface area contributed by atoms with Crippen molar-refractivity contribution in [2.24, 2.45) is 17.3 Å². The van der Waals surface area contributed by atoms with Gasteiger partial charge in [-0.05, 0) is 86.7 Å². The molecule has 46 heavy (non-hydrogen) atoms. The standard InChI is InChI=1S/C27H40N2.C7H12O.C2H4O.2C2H6.C2H4/c1-10-17-29(9)19-27(7,8)16-15-24-21(3)23(26(4,5)6)18-25(28-24)22-13-11-20(2)12-14-22;1-6-2-3-7(4-6)5-8;1-2-3;3*1-2/h11-16,18H,10,17,19H2,1-9H3;5-7H,2-4H2,1H3;2-3H,1H2;2*1-2H3;1-2H2/b16-15+;;;;;. The second kappa shape index (κ2) is 26.1. The number of nitrogens with zero attached hydrogens (tertiary/aromatic N) is 2. The van der Waals surface area contributed by atoms with Gasteiger partial charge in [0.15, 0.2) is 0 Å². The molecule has 4 heteroatoms. The monoisotopic (exact) mass is 637 g/mol. The van der Waals surface area contributed by atoms with E-state index in [2.05, 4.69) is 136 Å². The van der Waals surface area contributed by atoms with E-state index in [4.69, 9.17) is 10.1 Å². The van der Waals surface area contributed by atoms with E-state index in [0.29, 0.717) is 5.92 Å². The molecule has 1 N–H and O–H groups in total. The molecule has 0 saturated heterocycles. The molecule has 0 bridgehead atoms. The lowest BCUT2D eigenvalue weighted by atomic mass is 9.82. The number of rotatable bonds is 8. The highest BCUT2D eigenvalue weighted by Gasteiger charge is 2.22. The van der Waals surface area contributed by atoms with Crippen LogP contribution >= 0.6 is 0 Å². The Kier molecular flexibility index (Phi) is 26.9. The van der Waals surface area contributed by atoms with E-state index in [0.717, 1.165) is 55.8 Å². The van der Waals surface area contributed by atoms with Gasteiger partial charge in [0.1, 0.15) is 6.29 Å². The van der Waals surface area contributed by atoms with Crippen molar-refractivity contribution < 1.29 is 9.90 Å². The van der Waals surface area contributed by atoms with Crippen molar-refractivity contribution in [2.45, 2.75) is 121 Å². The van der Waals surface area contributed by atoms with Crippen molar-refractivity contribution in [3.8, 4) is 11.3 Å². The average molecular weight is 637 g/mol. The number of benzene rings is 1. The van der Waals surface area contributed by atoms with Crippen LogP contribution in [-0.2, 0) is 10.2 Å². The predicted octanol–water partition coefficient (Wildman–Crippen LogP) is 12.2. The van der Waals surface area contributed by atoms with Gasteiger partial charge in [-0.2, -0.15) is 0 Å². The number of aromatic nitrogens is 1. The van der Waals surface area contributed by atoms with Crippen molar-refractivity contribution in [1.29, 1.82) is 0 Å². The van der Waals surface area contributed by atoms with Crippen LogP contribution in [0.25, 0.3) is 17.3 Å². The highest BCUT2D eigenvalue weighted by Crippen LogP contribution is 2.32. The Morgan fingerprint density at radius 2 is 1.52 bits per heavy atom. The van der Waals surface area contributed by atoms with Crippen LogP contribution in [0, 0.1) is 31.1 Å². The molecule has 2 atom stereocenters. The van der Waals surface area contributed by atoms with Gasteiger partial charge in [0.25, 0.3) is 0 Å². The first-order valence-corrected chi connectivity index (χ1v) is 17.3. The van der Waals surface area contributed by atoms with E-state index in [9.17, 15) is 4.79 Å². The molecule has 1 aliphatic rings. The lowest BCUT2D eigenvalue weighted by Gasteiger charge is -2.27. The number of hydrogen-bond acceptors (Lipinski definition) is 4. The molecule has 1 saturated carbocycles. The fraction of sp³-hybridized carbons (Fsp3) is 0.571. The second-order valence-electron chi connectivity index (χ2n) is 13.2. The number of carbonyl (C=O) groups excluding carboxylic acids is 1. The summed E-state index contributed by atoms with van der Waals surface area (Å²) in [7, 11) is 2.21. The molecule has 1 aromatic carbocycles. The number of aliphatic hydroxyl groups excluding tert-OH is 1. The molecular formula is C42H72N2O2. The number of aryl methyl sites for hydroxylation is 1. The summed E-state index contributed by atoms with van der Waals surface area (Å²) in [5, 5.41) is 7.33. The summed E-state index contributed by atoms with van der Waals surface area (Å²) in [4.78, 5) is 17.6. The summed E-state index contributed by atoms with van der Waals surface area (Å²) in [5.41, 5.74) is 7.41. The Balaban J connectivity index is -0.000000899. The summed E-state index contributed by atoms with van der Waals surface area (Å²) in [6.07, 6.45) is 11.1. The Morgan fingerprint density at radius 1 is 1.00 bits per heavy atom. The minimum atomic E-state index is 0.0753. The van der Waals surface area contributed by atoms with Crippen molar-refractivity contribution in [1.82, 2.24) is 9.88 Å². The molecule has 1 heterocycles. The summed E-state index contributed by atoms with van der Waals surface area (Å²) in [6.45, 7) is 39.3. The van der Waals surface area contributed by atoms with Crippen LogP contribution in [0.1, 0.15) is 124 Å². The Bertz CT molecular complexity index is 1090. The van der Waals surface area contributed by atoms with Gasteiger partial charge in [-0.3, -0.25) is 0 Å². The second-order valence-corrected chi connectivity index (χ2v) is 13.2. The van der Waals surface area contributed by atoms with Gasteiger partial charge in [0.05, 0.1) is 17.6 Å². The summed E-state index contributed by atoms with van der Waals surface area (Å²) >= 11 is 0.